The zero-order valence-electron chi connectivity index (χ0n) is 12.7. The first-order valence-electron chi connectivity index (χ1n) is 7.07. The van der Waals surface area contributed by atoms with Crippen LogP contribution in [0.3, 0.4) is 0 Å². The molecule has 0 atom stereocenters. The monoisotopic (exact) mass is 328 g/mol. The van der Waals surface area contributed by atoms with Crippen LogP contribution in [0.2, 0.25) is 5.02 Å². The fourth-order valence-electron chi connectivity index (χ4n) is 2.71. The first-order valence-corrected chi connectivity index (χ1v) is 7.45. The molecule has 0 aliphatic carbocycles. The summed E-state index contributed by atoms with van der Waals surface area (Å²) < 4.78 is 15.4. The minimum absolute atomic E-state index is 0.0251. The number of nitrogens with zero attached hydrogens (tertiary/aromatic N) is 2. The number of benzene rings is 1. The van der Waals surface area contributed by atoms with E-state index in [0.717, 1.165) is 11.3 Å². The van der Waals surface area contributed by atoms with Crippen LogP contribution in [0.15, 0.2) is 48.9 Å². The molecule has 0 saturated carbocycles. The van der Waals surface area contributed by atoms with Crippen LogP contribution in [-0.4, -0.2) is 15.3 Å². The molecule has 0 aliphatic heterocycles. The van der Waals surface area contributed by atoms with E-state index in [1.807, 2.05) is 29.8 Å². The minimum Gasteiger partial charge on any atom is -0.315 e. The molecular weight excluding hydrogens is 315 g/mol. The minimum atomic E-state index is -0.487. The first kappa shape index (κ1) is 15.4. The molecule has 0 bridgehead atoms. The van der Waals surface area contributed by atoms with Gasteiger partial charge in [0.25, 0.3) is 0 Å². The highest BCUT2D eigenvalue weighted by Crippen LogP contribution is 2.33. The van der Waals surface area contributed by atoms with Crippen molar-refractivity contribution in [2.75, 3.05) is 0 Å². The highest BCUT2D eigenvalue weighted by atomic mass is 35.5. The van der Waals surface area contributed by atoms with Crippen molar-refractivity contribution in [1.29, 1.82) is 0 Å². The van der Waals surface area contributed by atoms with Gasteiger partial charge in [0.1, 0.15) is 5.82 Å². The molecule has 0 amide bonds. The summed E-state index contributed by atoms with van der Waals surface area (Å²) in [4.78, 5) is 16.1. The molecule has 0 fully saturated rings. The summed E-state index contributed by atoms with van der Waals surface area (Å²) >= 11 is 5.92. The highest BCUT2D eigenvalue weighted by molar-refractivity contribution is 6.31. The highest BCUT2D eigenvalue weighted by Gasteiger charge is 2.20. The van der Waals surface area contributed by atoms with Crippen LogP contribution in [-0.2, 0) is 0 Å². The zero-order valence-corrected chi connectivity index (χ0v) is 13.4. The number of hydrogen-bond acceptors (Lipinski definition) is 2. The molecular formula is C18H14ClFN2O. The standard InChI is InChI=1S/C18H14ClFN2O/c1-11-10-22(14-5-7-21-8-6-14)18(17(11)12(2)23)13-3-4-16(20)15(19)9-13/h3-10H,1-2H3. The Morgan fingerprint density at radius 1 is 1.22 bits per heavy atom. The van der Waals surface area contributed by atoms with E-state index in [1.54, 1.807) is 18.5 Å². The van der Waals surface area contributed by atoms with Crippen molar-refractivity contribution in [2.24, 2.45) is 0 Å². The lowest BCUT2D eigenvalue weighted by atomic mass is 10.0. The number of carbonyl (C=O) groups excluding carboxylic acids is 1. The van der Waals surface area contributed by atoms with Gasteiger partial charge in [-0.25, -0.2) is 4.39 Å². The molecule has 1 aromatic carbocycles. The molecule has 3 rings (SSSR count). The number of rotatable bonds is 3. The van der Waals surface area contributed by atoms with Crippen LogP contribution in [0.1, 0.15) is 22.8 Å². The van der Waals surface area contributed by atoms with Crippen LogP contribution >= 0.6 is 11.6 Å². The van der Waals surface area contributed by atoms with E-state index >= 15 is 0 Å². The summed E-state index contributed by atoms with van der Waals surface area (Å²) in [6.45, 7) is 3.40. The smallest absolute Gasteiger partial charge is 0.162 e. The van der Waals surface area contributed by atoms with Gasteiger partial charge in [-0.3, -0.25) is 9.78 Å². The fraction of sp³-hybridized carbons (Fsp3) is 0.111. The number of aromatic nitrogens is 2. The van der Waals surface area contributed by atoms with Crippen molar-refractivity contribution in [3.63, 3.8) is 0 Å². The van der Waals surface area contributed by atoms with E-state index in [0.29, 0.717) is 16.8 Å². The maximum absolute atomic E-state index is 13.5. The van der Waals surface area contributed by atoms with Gasteiger partial charge in [-0.05, 0) is 49.7 Å². The third-order valence-corrected chi connectivity index (χ3v) is 3.97. The molecule has 2 heterocycles. The summed E-state index contributed by atoms with van der Waals surface area (Å²) in [5, 5.41) is 0.0251. The van der Waals surface area contributed by atoms with Crippen molar-refractivity contribution in [1.82, 2.24) is 9.55 Å². The molecule has 0 spiro atoms. The molecule has 116 valence electrons. The molecule has 5 heteroatoms. The third kappa shape index (κ3) is 2.78. The predicted octanol–water partition coefficient (Wildman–Crippen LogP) is 4.84. The predicted molar refractivity (Wildman–Crippen MR) is 88.7 cm³/mol. The largest absolute Gasteiger partial charge is 0.315 e. The lowest BCUT2D eigenvalue weighted by Gasteiger charge is -2.11. The summed E-state index contributed by atoms with van der Waals surface area (Å²) in [6, 6.07) is 8.16. The van der Waals surface area contributed by atoms with E-state index < -0.39 is 5.82 Å². The summed E-state index contributed by atoms with van der Waals surface area (Å²) in [6.07, 6.45) is 5.25. The quantitative estimate of drug-likeness (QED) is 0.645. The maximum atomic E-state index is 13.5. The summed E-state index contributed by atoms with van der Waals surface area (Å²) in [7, 11) is 0. The Bertz CT molecular complexity index is 888. The lowest BCUT2D eigenvalue weighted by Crippen LogP contribution is -2.01. The van der Waals surface area contributed by atoms with Gasteiger partial charge in [0.05, 0.1) is 10.7 Å². The van der Waals surface area contributed by atoms with Crippen molar-refractivity contribution >= 4 is 17.4 Å². The van der Waals surface area contributed by atoms with Crippen molar-refractivity contribution < 1.29 is 9.18 Å². The summed E-state index contributed by atoms with van der Waals surface area (Å²) in [5.41, 5.74) is 3.70. The average molecular weight is 329 g/mol. The molecule has 0 saturated heterocycles. The van der Waals surface area contributed by atoms with Crippen LogP contribution in [0.5, 0.6) is 0 Å². The van der Waals surface area contributed by atoms with E-state index in [-0.39, 0.29) is 10.8 Å². The second kappa shape index (κ2) is 5.97. The topological polar surface area (TPSA) is 34.9 Å². The number of hydrogen-bond donors (Lipinski definition) is 0. The molecule has 0 N–H and O–H groups in total. The number of carbonyl (C=O) groups is 1. The first-order chi connectivity index (χ1) is 11.0. The Morgan fingerprint density at radius 3 is 2.52 bits per heavy atom. The van der Waals surface area contributed by atoms with Gasteiger partial charge in [0, 0.05) is 35.4 Å². The number of ketones is 1. The molecule has 3 nitrogen and oxygen atoms in total. The molecule has 2 aromatic heterocycles. The molecule has 0 radical (unpaired) electrons. The zero-order chi connectivity index (χ0) is 16.6. The van der Waals surface area contributed by atoms with E-state index in [4.69, 9.17) is 11.6 Å². The number of aryl methyl sites for hydroxylation is 1. The van der Waals surface area contributed by atoms with Gasteiger partial charge < -0.3 is 4.57 Å². The van der Waals surface area contributed by atoms with Crippen LogP contribution in [0, 0.1) is 12.7 Å². The Labute approximate surface area is 138 Å². The molecule has 23 heavy (non-hydrogen) atoms. The number of Topliss-reactive ketones (excluding diaryl/α,β-unsaturated/α-hetero) is 1. The fourth-order valence-corrected chi connectivity index (χ4v) is 2.89. The van der Waals surface area contributed by atoms with E-state index in [1.165, 1.54) is 19.1 Å². The Morgan fingerprint density at radius 2 is 1.91 bits per heavy atom. The maximum Gasteiger partial charge on any atom is 0.162 e. The Kier molecular flexibility index (Phi) is 4.01. The van der Waals surface area contributed by atoms with Gasteiger partial charge >= 0.3 is 0 Å². The average Bonchev–Trinajstić information content (AvgIpc) is 2.88. The second-order valence-electron chi connectivity index (χ2n) is 5.30. The van der Waals surface area contributed by atoms with Gasteiger partial charge in [-0.1, -0.05) is 11.6 Å². The Hall–Kier alpha value is -2.46. The molecule has 0 aliphatic rings. The normalized spacial score (nSPS) is 10.8. The van der Waals surface area contributed by atoms with Crippen LogP contribution in [0.4, 0.5) is 4.39 Å². The summed E-state index contributed by atoms with van der Waals surface area (Å²) in [5.74, 6) is -0.538. The van der Waals surface area contributed by atoms with E-state index in [9.17, 15) is 9.18 Å². The third-order valence-electron chi connectivity index (χ3n) is 3.68. The van der Waals surface area contributed by atoms with E-state index in [2.05, 4.69) is 4.98 Å². The van der Waals surface area contributed by atoms with Gasteiger partial charge in [-0.15, -0.1) is 0 Å². The number of halogens is 2. The van der Waals surface area contributed by atoms with Gasteiger partial charge in [0.2, 0.25) is 0 Å². The SMILES string of the molecule is CC(=O)c1c(C)cn(-c2ccncc2)c1-c1ccc(F)c(Cl)c1. The molecule has 0 unspecified atom stereocenters. The Balaban J connectivity index is 2.32. The van der Waals surface area contributed by atoms with Crippen molar-refractivity contribution in [3.05, 3.63) is 70.9 Å². The van der Waals surface area contributed by atoms with Crippen LogP contribution in [0.25, 0.3) is 16.9 Å². The molecule has 3 aromatic rings. The van der Waals surface area contributed by atoms with Crippen LogP contribution < -0.4 is 0 Å². The van der Waals surface area contributed by atoms with Crippen molar-refractivity contribution in [3.8, 4) is 16.9 Å². The lowest BCUT2D eigenvalue weighted by molar-refractivity contribution is 0.101. The van der Waals surface area contributed by atoms with Gasteiger partial charge in [-0.2, -0.15) is 0 Å². The second-order valence-corrected chi connectivity index (χ2v) is 5.70. The van der Waals surface area contributed by atoms with Gasteiger partial charge in [0.15, 0.2) is 5.78 Å². The van der Waals surface area contributed by atoms with Crippen molar-refractivity contribution in [2.45, 2.75) is 13.8 Å². The number of pyridine rings is 1.